The molecule has 0 spiro atoms. The second-order valence-electron chi connectivity index (χ2n) is 3.70. The molecule has 0 aliphatic heterocycles. The van der Waals surface area contributed by atoms with Gasteiger partial charge >= 0.3 is 0 Å². The molecule has 4 nitrogen and oxygen atoms in total. The molecule has 0 heterocycles. The van der Waals surface area contributed by atoms with Crippen LogP contribution in [0, 0.1) is 17.0 Å². The number of nitrogens with zero attached hydrogens (tertiary/aromatic N) is 1. The molecule has 1 aromatic rings. The third-order valence-electron chi connectivity index (χ3n) is 2.33. The fourth-order valence-electron chi connectivity index (χ4n) is 1.28. The van der Waals surface area contributed by atoms with Gasteiger partial charge in [-0.25, -0.2) is 0 Å². The number of aryl methyl sites for hydroxylation is 1. The summed E-state index contributed by atoms with van der Waals surface area (Å²) >= 11 is 1.73. The Labute approximate surface area is 99.6 Å². The monoisotopic (exact) mass is 240 g/mol. The number of nitro groups is 1. The van der Waals surface area contributed by atoms with Gasteiger partial charge in [0.1, 0.15) is 5.69 Å². The summed E-state index contributed by atoms with van der Waals surface area (Å²) < 4.78 is 0. The van der Waals surface area contributed by atoms with Crippen molar-refractivity contribution < 1.29 is 4.92 Å². The van der Waals surface area contributed by atoms with Crippen LogP contribution in [0.25, 0.3) is 0 Å². The predicted octanol–water partition coefficient (Wildman–Crippen LogP) is 3.07. The predicted molar refractivity (Wildman–Crippen MR) is 69.3 cm³/mol. The highest BCUT2D eigenvalue weighted by atomic mass is 32.2. The van der Waals surface area contributed by atoms with Crippen molar-refractivity contribution in [2.24, 2.45) is 0 Å². The molecule has 0 fully saturated rings. The normalized spacial score (nSPS) is 12.2. The van der Waals surface area contributed by atoms with Crippen molar-refractivity contribution in [3.05, 3.63) is 33.9 Å². The maximum Gasteiger partial charge on any atom is 0.292 e. The van der Waals surface area contributed by atoms with Gasteiger partial charge in [-0.05, 0) is 24.8 Å². The molecule has 0 aromatic heterocycles. The van der Waals surface area contributed by atoms with Crippen LogP contribution in [0.5, 0.6) is 0 Å². The van der Waals surface area contributed by atoms with E-state index in [4.69, 9.17) is 0 Å². The standard InChI is InChI=1S/C11H16N2O2S/c1-8-4-5-10(11(6-8)13(14)15)12-7-9(2)16-3/h4-6,9,12H,7H2,1-3H3. The van der Waals surface area contributed by atoms with Crippen LogP contribution in [0.4, 0.5) is 11.4 Å². The Bertz CT molecular complexity index is 382. The van der Waals surface area contributed by atoms with Gasteiger partial charge in [-0.1, -0.05) is 13.0 Å². The minimum atomic E-state index is -0.348. The number of rotatable bonds is 5. The lowest BCUT2D eigenvalue weighted by atomic mass is 10.2. The fourth-order valence-corrected chi connectivity index (χ4v) is 1.53. The molecule has 1 aromatic carbocycles. The highest BCUT2D eigenvalue weighted by molar-refractivity contribution is 7.99. The Balaban J connectivity index is 2.82. The zero-order chi connectivity index (χ0) is 12.1. The molecule has 1 N–H and O–H groups in total. The molecule has 0 bridgehead atoms. The zero-order valence-electron chi connectivity index (χ0n) is 9.69. The lowest BCUT2D eigenvalue weighted by Crippen LogP contribution is -2.13. The van der Waals surface area contributed by atoms with Gasteiger partial charge in [0.25, 0.3) is 5.69 Å². The van der Waals surface area contributed by atoms with E-state index in [-0.39, 0.29) is 10.6 Å². The molecular weight excluding hydrogens is 224 g/mol. The first-order valence-corrected chi connectivity index (χ1v) is 6.35. The van der Waals surface area contributed by atoms with Crippen LogP contribution >= 0.6 is 11.8 Å². The lowest BCUT2D eigenvalue weighted by Gasteiger charge is -2.11. The number of benzene rings is 1. The largest absolute Gasteiger partial charge is 0.378 e. The van der Waals surface area contributed by atoms with E-state index in [1.165, 1.54) is 0 Å². The van der Waals surface area contributed by atoms with Gasteiger partial charge < -0.3 is 5.32 Å². The first-order chi connectivity index (χ1) is 7.54. The van der Waals surface area contributed by atoms with Crippen LogP contribution in [-0.4, -0.2) is 23.0 Å². The van der Waals surface area contributed by atoms with Gasteiger partial charge in [0.05, 0.1) is 4.92 Å². The van der Waals surface area contributed by atoms with Gasteiger partial charge in [-0.2, -0.15) is 11.8 Å². The van der Waals surface area contributed by atoms with Crippen LogP contribution in [0.2, 0.25) is 0 Å². The average molecular weight is 240 g/mol. The summed E-state index contributed by atoms with van der Waals surface area (Å²) in [6.45, 7) is 4.66. The smallest absolute Gasteiger partial charge is 0.292 e. The van der Waals surface area contributed by atoms with Crippen LogP contribution < -0.4 is 5.32 Å². The van der Waals surface area contributed by atoms with Crippen LogP contribution in [0.3, 0.4) is 0 Å². The molecule has 16 heavy (non-hydrogen) atoms. The van der Waals surface area contributed by atoms with Gasteiger partial charge in [0.15, 0.2) is 0 Å². The Hall–Kier alpha value is -1.23. The van der Waals surface area contributed by atoms with E-state index in [1.807, 2.05) is 19.2 Å². The highest BCUT2D eigenvalue weighted by Gasteiger charge is 2.13. The van der Waals surface area contributed by atoms with E-state index < -0.39 is 0 Å². The maximum absolute atomic E-state index is 10.8. The molecule has 1 rings (SSSR count). The van der Waals surface area contributed by atoms with Crippen LogP contribution in [0.1, 0.15) is 12.5 Å². The molecule has 0 aliphatic carbocycles. The molecule has 1 atom stereocenters. The summed E-state index contributed by atoms with van der Waals surface area (Å²) in [5, 5.41) is 14.4. The summed E-state index contributed by atoms with van der Waals surface area (Å²) in [7, 11) is 0. The summed E-state index contributed by atoms with van der Waals surface area (Å²) in [4.78, 5) is 10.5. The van der Waals surface area contributed by atoms with Crippen LogP contribution in [-0.2, 0) is 0 Å². The minimum Gasteiger partial charge on any atom is -0.378 e. The minimum absolute atomic E-state index is 0.147. The number of thioether (sulfide) groups is 1. The molecule has 1 unspecified atom stereocenters. The number of hydrogen-bond acceptors (Lipinski definition) is 4. The highest BCUT2D eigenvalue weighted by Crippen LogP contribution is 2.25. The van der Waals surface area contributed by atoms with Crippen molar-refractivity contribution in [1.29, 1.82) is 0 Å². The summed E-state index contributed by atoms with van der Waals surface area (Å²) in [6, 6.07) is 5.23. The molecular formula is C11H16N2O2S. The quantitative estimate of drug-likeness (QED) is 0.634. The first kappa shape index (κ1) is 12.8. The number of nitro benzene ring substituents is 1. The molecule has 0 saturated carbocycles. The third-order valence-corrected chi connectivity index (χ3v) is 3.30. The Morgan fingerprint density at radius 3 is 2.81 bits per heavy atom. The summed E-state index contributed by atoms with van der Waals surface area (Å²) in [5.41, 5.74) is 1.64. The SMILES string of the molecule is CSC(C)CNc1ccc(C)cc1[N+](=O)[O-]. The van der Waals surface area contributed by atoms with E-state index >= 15 is 0 Å². The Morgan fingerprint density at radius 2 is 2.25 bits per heavy atom. The zero-order valence-corrected chi connectivity index (χ0v) is 10.5. The van der Waals surface area contributed by atoms with E-state index in [1.54, 1.807) is 23.9 Å². The van der Waals surface area contributed by atoms with E-state index in [0.717, 1.165) is 12.1 Å². The first-order valence-electron chi connectivity index (χ1n) is 5.06. The van der Waals surface area contributed by atoms with E-state index in [9.17, 15) is 10.1 Å². The molecule has 0 saturated heterocycles. The van der Waals surface area contributed by atoms with E-state index in [2.05, 4.69) is 12.2 Å². The number of hydrogen-bond donors (Lipinski definition) is 1. The molecule has 0 aliphatic rings. The van der Waals surface area contributed by atoms with Crippen molar-refractivity contribution in [2.75, 3.05) is 18.1 Å². The molecule has 0 radical (unpaired) electrons. The number of nitrogens with one attached hydrogen (secondary N) is 1. The third kappa shape index (κ3) is 3.41. The Kier molecular flexibility index (Phi) is 4.61. The van der Waals surface area contributed by atoms with Crippen molar-refractivity contribution in [3.63, 3.8) is 0 Å². The summed E-state index contributed by atoms with van der Waals surface area (Å²) in [5.74, 6) is 0. The average Bonchev–Trinajstić information content (AvgIpc) is 2.26. The van der Waals surface area contributed by atoms with Gasteiger partial charge in [0.2, 0.25) is 0 Å². The van der Waals surface area contributed by atoms with Crippen molar-refractivity contribution >= 4 is 23.1 Å². The molecule has 5 heteroatoms. The number of anilines is 1. The second-order valence-corrected chi connectivity index (χ2v) is 4.98. The van der Waals surface area contributed by atoms with E-state index in [0.29, 0.717) is 10.9 Å². The van der Waals surface area contributed by atoms with Crippen molar-refractivity contribution in [3.8, 4) is 0 Å². The topological polar surface area (TPSA) is 55.2 Å². The van der Waals surface area contributed by atoms with Gasteiger partial charge in [-0.15, -0.1) is 0 Å². The van der Waals surface area contributed by atoms with Gasteiger partial charge in [0, 0.05) is 17.9 Å². The van der Waals surface area contributed by atoms with Crippen LogP contribution in [0.15, 0.2) is 18.2 Å². The fraction of sp³-hybridized carbons (Fsp3) is 0.455. The van der Waals surface area contributed by atoms with Gasteiger partial charge in [-0.3, -0.25) is 10.1 Å². The summed E-state index contributed by atoms with van der Waals surface area (Å²) in [6.07, 6.45) is 2.02. The second kappa shape index (κ2) is 5.75. The molecule has 0 amide bonds. The Morgan fingerprint density at radius 1 is 1.56 bits per heavy atom. The lowest BCUT2D eigenvalue weighted by molar-refractivity contribution is -0.384. The molecule has 88 valence electrons. The van der Waals surface area contributed by atoms with Crippen molar-refractivity contribution in [1.82, 2.24) is 0 Å². The van der Waals surface area contributed by atoms with Crippen molar-refractivity contribution in [2.45, 2.75) is 19.1 Å². The maximum atomic E-state index is 10.8.